The monoisotopic (exact) mass is 390 g/mol. The fraction of sp³-hybridized carbons (Fsp3) is 0.650. The predicted molar refractivity (Wildman–Crippen MR) is 105 cm³/mol. The van der Waals surface area contributed by atoms with Crippen molar-refractivity contribution in [1.82, 2.24) is 20.1 Å². The highest BCUT2D eigenvalue weighted by Gasteiger charge is 2.34. The zero-order chi connectivity index (χ0) is 20.1. The molecule has 154 valence electrons. The molecule has 0 radical (unpaired) electrons. The van der Waals surface area contributed by atoms with E-state index >= 15 is 0 Å². The number of carbonyl (C=O) groups excluding carboxylic acids is 2. The summed E-state index contributed by atoms with van der Waals surface area (Å²) in [6, 6.07) is 4.79. The molecule has 8 nitrogen and oxygen atoms in total. The van der Waals surface area contributed by atoms with Crippen molar-refractivity contribution >= 4 is 11.8 Å². The minimum Gasteiger partial charge on any atom is -0.388 e. The molecule has 1 aromatic heterocycles. The van der Waals surface area contributed by atoms with Crippen molar-refractivity contribution in [3.8, 4) is 0 Å². The number of carbonyl (C=O) groups is 2. The molecule has 2 aliphatic rings. The number of β-amino-alcohol motifs (C(OH)–C–C–N with tert-alkyl or cyclic N) is 1. The number of rotatable bonds is 4. The first kappa shape index (κ1) is 20.5. The standard InChI is InChI=1S/C20H30N4O4/c1-15(25)21-16-6-11-23(12-7-16)14-20(28)8-3-10-24(13-9-20)19(27)17-4-2-5-18(26)22-17/h2,4-5,16,28H,3,6-14H2,1H3,(H,21,25)(H,22,26). The van der Waals surface area contributed by atoms with E-state index in [4.69, 9.17) is 0 Å². The summed E-state index contributed by atoms with van der Waals surface area (Å²) in [5, 5.41) is 14.1. The second-order valence-electron chi connectivity index (χ2n) is 8.05. The van der Waals surface area contributed by atoms with Crippen molar-refractivity contribution in [3.63, 3.8) is 0 Å². The van der Waals surface area contributed by atoms with Crippen LogP contribution < -0.4 is 10.9 Å². The number of nitrogens with one attached hydrogen (secondary N) is 2. The van der Waals surface area contributed by atoms with Crippen LogP contribution in [0.3, 0.4) is 0 Å². The molecule has 3 N–H and O–H groups in total. The highest BCUT2D eigenvalue weighted by molar-refractivity contribution is 5.92. The van der Waals surface area contributed by atoms with Gasteiger partial charge in [0.05, 0.1) is 5.60 Å². The smallest absolute Gasteiger partial charge is 0.270 e. The molecule has 1 aromatic rings. The first-order valence-corrected chi connectivity index (χ1v) is 10.1. The number of hydrogen-bond donors (Lipinski definition) is 3. The predicted octanol–water partition coefficient (Wildman–Crippen LogP) is 0.333. The maximum atomic E-state index is 12.7. The number of piperidine rings is 1. The van der Waals surface area contributed by atoms with Gasteiger partial charge in [-0.05, 0) is 38.2 Å². The van der Waals surface area contributed by atoms with Gasteiger partial charge in [-0.15, -0.1) is 0 Å². The Balaban J connectivity index is 1.53. The van der Waals surface area contributed by atoms with Crippen LogP contribution in [0.5, 0.6) is 0 Å². The van der Waals surface area contributed by atoms with Crippen molar-refractivity contribution in [2.24, 2.45) is 0 Å². The molecule has 3 heterocycles. The normalized spacial score (nSPS) is 24.6. The van der Waals surface area contributed by atoms with Gasteiger partial charge in [0, 0.05) is 51.8 Å². The molecule has 2 saturated heterocycles. The summed E-state index contributed by atoms with van der Waals surface area (Å²) in [6.45, 7) is 4.86. The molecule has 3 rings (SSSR count). The lowest BCUT2D eigenvalue weighted by atomic mass is 9.93. The van der Waals surface area contributed by atoms with Crippen LogP contribution in [0, 0.1) is 0 Å². The fourth-order valence-electron chi connectivity index (χ4n) is 4.22. The molecule has 0 spiro atoms. The van der Waals surface area contributed by atoms with Crippen LogP contribution in [0.1, 0.15) is 49.5 Å². The van der Waals surface area contributed by atoms with Gasteiger partial charge in [-0.2, -0.15) is 0 Å². The number of amides is 2. The molecule has 2 aliphatic heterocycles. The number of pyridine rings is 1. The molecule has 1 unspecified atom stereocenters. The second kappa shape index (κ2) is 8.87. The topological polar surface area (TPSA) is 106 Å². The van der Waals surface area contributed by atoms with Crippen LogP contribution in [0.25, 0.3) is 0 Å². The highest BCUT2D eigenvalue weighted by Crippen LogP contribution is 2.25. The van der Waals surface area contributed by atoms with Gasteiger partial charge in [-0.25, -0.2) is 0 Å². The number of H-pyrrole nitrogens is 1. The molecule has 0 aromatic carbocycles. The second-order valence-corrected chi connectivity index (χ2v) is 8.05. The van der Waals surface area contributed by atoms with E-state index in [0.29, 0.717) is 32.5 Å². The van der Waals surface area contributed by atoms with E-state index in [1.165, 1.54) is 6.07 Å². The van der Waals surface area contributed by atoms with Crippen molar-refractivity contribution in [3.05, 3.63) is 34.2 Å². The van der Waals surface area contributed by atoms with E-state index in [2.05, 4.69) is 15.2 Å². The highest BCUT2D eigenvalue weighted by atomic mass is 16.3. The Morgan fingerprint density at radius 3 is 2.64 bits per heavy atom. The summed E-state index contributed by atoms with van der Waals surface area (Å²) in [5.41, 5.74) is -0.821. The van der Waals surface area contributed by atoms with Crippen LogP contribution in [0.2, 0.25) is 0 Å². The molecule has 0 bridgehead atoms. The lowest BCUT2D eigenvalue weighted by Crippen LogP contribution is -2.50. The Morgan fingerprint density at radius 2 is 1.96 bits per heavy atom. The average molecular weight is 390 g/mol. The van der Waals surface area contributed by atoms with Gasteiger partial charge in [0.2, 0.25) is 11.5 Å². The number of likely N-dealkylation sites (tertiary alicyclic amines) is 2. The number of aromatic amines is 1. The van der Waals surface area contributed by atoms with Gasteiger partial charge in [0.1, 0.15) is 5.69 Å². The summed E-state index contributed by atoms with van der Waals surface area (Å²) >= 11 is 0. The quantitative estimate of drug-likeness (QED) is 0.687. The van der Waals surface area contributed by atoms with E-state index < -0.39 is 5.60 Å². The first-order valence-electron chi connectivity index (χ1n) is 10.1. The third kappa shape index (κ3) is 5.42. The van der Waals surface area contributed by atoms with Gasteiger partial charge in [0.15, 0.2) is 0 Å². The summed E-state index contributed by atoms with van der Waals surface area (Å²) in [5.74, 6) is -0.191. The average Bonchev–Trinajstić information content (AvgIpc) is 2.84. The molecule has 8 heteroatoms. The Morgan fingerprint density at radius 1 is 1.21 bits per heavy atom. The largest absolute Gasteiger partial charge is 0.388 e. The van der Waals surface area contributed by atoms with Crippen molar-refractivity contribution in [2.45, 2.75) is 50.7 Å². The first-order chi connectivity index (χ1) is 13.3. The lowest BCUT2D eigenvalue weighted by Gasteiger charge is -2.38. The molecule has 0 saturated carbocycles. The summed E-state index contributed by atoms with van der Waals surface area (Å²) < 4.78 is 0. The Labute approximate surface area is 164 Å². The summed E-state index contributed by atoms with van der Waals surface area (Å²) in [4.78, 5) is 41.9. The van der Waals surface area contributed by atoms with Crippen LogP contribution in [-0.4, -0.2) is 76.1 Å². The summed E-state index contributed by atoms with van der Waals surface area (Å²) in [6.07, 6.45) is 3.67. The summed E-state index contributed by atoms with van der Waals surface area (Å²) in [7, 11) is 0. The minimum atomic E-state index is -0.819. The van der Waals surface area contributed by atoms with Crippen molar-refractivity contribution in [1.29, 1.82) is 0 Å². The molecule has 0 aliphatic carbocycles. The Hall–Kier alpha value is -2.19. The number of nitrogens with zero attached hydrogens (tertiary/aromatic N) is 2. The van der Waals surface area contributed by atoms with Crippen LogP contribution in [0.15, 0.2) is 23.0 Å². The Kier molecular flexibility index (Phi) is 6.51. The van der Waals surface area contributed by atoms with E-state index in [0.717, 1.165) is 32.4 Å². The fourth-order valence-corrected chi connectivity index (χ4v) is 4.22. The lowest BCUT2D eigenvalue weighted by molar-refractivity contribution is -0.120. The number of aliphatic hydroxyl groups is 1. The van der Waals surface area contributed by atoms with Crippen molar-refractivity contribution in [2.75, 3.05) is 32.7 Å². The van der Waals surface area contributed by atoms with Gasteiger partial charge in [-0.3, -0.25) is 14.4 Å². The van der Waals surface area contributed by atoms with Gasteiger partial charge in [-0.1, -0.05) is 6.07 Å². The maximum absolute atomic E-state index is 12.7. The zero-order valence-corrected chi connectivity index (χ0v) is 16.4. The molecular weight excluding hydrogens is 360 g/mol. The Bertz CT molecular complexity index is 757. The van der Waals surface area contributed by atoms with E-state index in [1.807, 2.05) is 0 Å². The van der Waals surface area contributed by atoms with Gasteiger partial charge >= 0.3 is 0 Å². The van der Waals surface area contributed by atoms with E-state index in [1.54, 1.807) is 24.0 Å². The van der Waals surface area contributed by atoms with Crippen LogP contribution in [0.4, 0.5) is 0 Å². The van der Waals surface area contributed by atoms with Crippen LogP contribution >= 0.6 is 0 Å². The molecule has 1 atom stereocenters. The zero-order valence-electron chi connectivity index (χ0n) is 16.4. The third-order valence-electron chi connectivity index (χ3n) is 5.72. The SMILES string of the molecule is CC(=O)NC1CCN(CC2(O)CCCN(C(=O)c3cccc(=O)[nH]3)CC2)CC1. The number of aromatic nitrogens is 1. The minimum absolute atomic E-state index is 0.00497. The van der Waals surface area contributed by atoms with Crippen molar-refractivity contribution < 1.29 is 14.7 Å². The maximum Gasteiger partial charge on any atom is 0.270 e. The van der Waals surface area contributed by atoms with E-state index in [-0.39, 0.29) is 29.1 Å². The molecule has 2 amide bonds. The van der Waals surface area contributed by atoms with Gasteiger partial charge in [0.25, 0.3) is 5.91 Å². The number of hydrogen-bond acceptors (Lipinski definition) is 5. The molecule has 28 heavy (non-hydrogen) atoms. The third-order valence-corrected chi connectivity index (χ3v) is 5.72. The van der Waals surface area contributed by atoms with Crippen LogP contribution in [-0.2, 0) is 4.79 Å². The van der Waals surface area contributed by atoms with Gasteiger partial charge < -0.3 is 25.2 Å². The van der Waals surface area contributed by atoms with E-state index in [9.17, 15) is 19.5 Å². The molecular formula is C20H30N4O4. The molecule has 2 fully saturated rings.